The number of carbonyl (C=O) groups is 1. The van der Waals surface area contributed by atoms with Crippen LogP contribution in [0.4, 0.5) is 4.39 Å². The number of para-hydroxylation sites is 1. The average Bonchev–Trinajstić information content (AvgIpc) is 2.86. The molecule has 4 rings (SSSR count). The van der Waals surface area contributed by atoms with Crippen LogP contribution in [0.2, 0.25) is 0 Å². The molecule has 1 fully saturated rings. The normalized spacial score (nSPS) is 24.6. The Hall–Kier alpha value is -2.40. The molecule has 2 aliphatic rings. The zero-order valence-corrected chi connectivity index (χ0v) is 15.6. The van der Waals surface area contributed by atoms with Crippen molar-refractivity contribution in [3.8, 4) is 5.75 Å². The van der Waals surface area contributed by atoms with Crippen LogP contribution in [0.5, 0.6) is 5.75 Å². The Balaban J connectivity index is 1.43. The van der Waals surface area contributed by atoms with Gasteiger partial charge in [-0.25, -0.2) is 4.39 Å². The fourth-order valence-corrected chi connectivity index (χ4v) is 4.23. The summed E-state index contributed by atoms with van der Waals surface area (Å²) in [5.41, 5.74) is 1.38. The Kier molecular flexibility index (Phi) is 4.87. The SMILES string of the molecule is CN(C(=O)c1cccc(F)c1)C1CCC2(CC1)CNCc1ccccc1O2. The first-order valence-electron chi connectivity index (χ1n) is 9.57. The van der Waals surface area contributed by atoms with Gasteiger partial charge in [-0.2, -0.15) is 0 Å². The Morgan fingerprint density at radius 1 is 1.19 bits per heavy atom. The summed E-state index contributed by atoms with van der Waals surface area (Å²) in [6.07, 6.45) is 3.53. The second-order valence-electron chi connectivity index (χ2n) is 7.65. The van der Waals surface area contributed by atoms with Crippen LogP contribution < -0.4 is 10.1 Å². The Bertz CT molecular complexity index is 831. The van der Waals surface area contributed by atoms with Gasteiger partial charge in [0, 0.05) is 37.3 Å². The number of hydrogen-bond acceptors (Lipinski definition) is 3. The highest BCUT2D eigenvalue weighted by atomic mass is 19.1. The van der Waals surface area contributed by atoms with E-state index in [-0.39, 0.29) is 23.4 Å². The molecular formula is C22H25FN2O2. The van der Waals surface area contributed by atoms with E-state index < -0.39 is 0 Å². The summed E-state index contributed by atoms with van der Waals surface area (Å²) >= 11 is 0. The Labute approximate surface area is 159 Å². The molecule has 1 amide bonds. The minimum atomic E-state index is -0.381. The van der Waals surface area contributed by atoms with Crippen molar-refractivity contribution in [1.82, 2.24) is 10.2 Å². The smallest absolute Gasteiger partial charge is 0.253 e. The number of hydrogen-bond donors (Lipinski definition) is 1. The molecule has 5 heteroatoms. The van der Waals surface area contributed by atoms with Gasteiger partial charge in [-0.15, -0.1) is 0 Å². The summed E-state index contributed by atoms with van der Waals surface area (Å²) in [4.78, 5) is 14.5. The molecule has 4 nitrogen and oxygen atoms in total. The van der Waals surface area contributed by atoms with Crippen LogP contribution in [0.1, 0.15) is 41.6 Å². The topological polar surface area (TPSA) is 41.6 Å². The number of nitrogens with one attached hydrogen (secondary N) is 1. The quantitative estimate of drug-likeness (QED) is 0.878. The number of benzene rings is 2. The largest absolute Gasteiger partial charge is 0.486 e. The number of amides is 1. The standard InChI is InChI=1S/C22H25FN2O2/c1-25(21(26)16-6-4-7-18(23)13-16)19-9-11-22(12-10-19)15-24-14-17-5-2-3-8-20(17)27-22/h2-8,13,19,24H,9-12,14-15H2,1H3. The van der Waals surface area contributed by atoms with Gasteiger partial charge in [-0.3, -0.25) is 4.79 Å². The molecule has 0 bridgehead atoms. The molecular weight excluding hydrogens is 343 g/mol. The van der Waals surface area contributed by atoms with Gasteiger partial charge < -0.3 is 15.0 Å². The molecule has 2 aromatic carbocycles. The maximum atomic E-state index is 13.4. The molecule has 1 N–H and O–H groups in total. The van der Waals surface area contributed by atoms with Crippen LogP contribution in [0.3, 0.4) is 0 Å². The van der Waals surface area contributed by atoms with Crippen LogP contribution in [0.25, 0.3) is 0 Å². The highest BCUT2D eigenvalue weighted by Gasteiger charge is 2.40. The average molecular weight is 368 g/mol. The van der Waals surface area contributed by atoms with Crippen molar-refractivity contribution in [1.29, 1.82) is 0 Å². The van der Waals surface area contributed by atoms with Crippen molar-refractivity contribution in [3.63, 3.8) is 0 Å². The molecule has 2 aromatic rings. The molecule has 0 saturated heterocycles. The lowest BCUT2D eigenvalue weighted by Gasteiger charge is -2.42. The molecule has 142 valence electrons. The van der Waals surface area contributed by atoms with Gasteiger partial charge in [0.2, 0.25) is 0 Å². The summed E-state index contributed by atoms with van der Waals surface area (Å²) in [7, 11) is 1.82. The molecule has 27 heavy (non-hydrogen) atoms. The van der Waals surface area contributed by atoms with Crippen molar-refractivity contribution in [2.45, 2.75) is 43.9 Å². The van der Waals surface area contributed by atoms with E-state index in [0.717, 1.165) is 44.5 Å². The van der Waals surface area contributed by atoms with E-state index in [4.69, 9.17) is 4.74 Å². The van der Waals surface area contributed by atoms with Gasteiger partial charge in [-0.1, -0.05) is 24.3 Å². The first-order valence-corrected chi connectivity index (χ1v) is 9.57. The third-order valence-corrected chi connectivity index (χ3v) is 5.87. The summed E-state index contributed by atoms with van der Waals surface area (Å²) in [5.74, 6) is 0.458. The van der Waals surface area contributed by atoms with E-state index in [2.05, 4.69) is 11.4 Å². The van der Waals surface area contributed by atoms with E-state index >= 15 is 0 Å². The fourth-order valence-electron chi connectivity index (χ4n) is 4.23. The molecule has 1 aliphatic heterocycles. The number of rotatable bonds is 2. The maximum absolute atomic E-state index is 13.4. The predicted molar refractivity (Wildman–Crippen MR) is 102 cm³/mol. The number of nitrogens with zero attached hydrogens (tertiary/aromatic N) is 1. The summed E-state index contributed by atoms with van der Waals surface area (Å²) in [6, 6.07) is 14.2. The molecule has 0 atom stereocenters. The van der Waals surface area contributed by atoms with E-state index in [1.54, 1.807) is 17.0 Å². The zero-order chi connectivity index (χ0) is 18.9. The first kappa shape index (κ1) is 18.0. The third-order valence-electron chi connectivity index (χ3n) is 5.87. The van der Waals surface area contributed by atoms with Gasteiger partial charge >= 0.3 is 0 Å². The number of halogens is 1. The van der Waals surface area contributed by atoms with E-state index in [9.17, 15) is 9.18 Å². The lowest BCUT2D eigenvalue weighted by molar-refractivity contribution is 0.0102. The van der Waals surface area contributed by atoms with Gasteiger partial charge in [0.1, 0.15) is 17.2 Å². The predicted octanol–water partition coefficient (Wildman–Crippen LogP) is 3.76. The molecule has 1 spiro atoms. The van der Waals surface area contributed by atoms with Gasteiger partial charge in [-0.05, 0) is 49.9 Å². The number of carbonyl (C=O) groups excluding carboxylic acids is 1. The van der Waals surface area contributed by atoms with Crippen molar-refractivity contribution in [2.24, 2.45) is 0 Å². The van der Waals surface area contributed by atoms with Crippen LogP contribution in [-0.2, 0) is 6.54 Å². The monoisotopic (exact) mass is 368 g/mol. The van der Waals surface area contributed by atoms with Crippen molar-refractivity contribution >= 4 is 5.91 Å². The molecule has 0 radical (unpaired) electrons. The third kappa shape index (κ3) is 3.69. The minimum Gasteiger partial charge on any atom is -0.486 e. The Morgan fingerprint density at radius 2 is 1.96 bits per heavy atom. The lowest BCUT2D eigenvalue weighted by Crippen LogP contribution is -2.51. The van der Waals surface area contributed by atoms with E-state index in [0.29, 0.717) is 5.56 Å². The maximum Gasteiger partial charge on any atom is 0.253 e. The highest BCUT2D eigenvalue weighted by molar-refractivity contribution is 5.94. The minimum absolute atomic E-state index is 0.124. The second kappa shape index (κ2) is 7.31. The van der Waals surface area contributed by atoms with Crippen LogP contribution in [0.15, 0.2) is 48.5 Å². The molecule has 0 aromatic heterocycles. The summed E-state index contributed by atoms with van der Waals surface area (Å²) in [6.45, 7) is 1.63. The fraction of sp³-hybridized carbons (Fsp3) is 0.409. The molecule has 1 aliphatic carbocycles. The van der Waals surface area contributed by atoms with Crippen LogP contribution in [0, 0.1) is 5.82 Å². The van der Waals surface area contributed by atoms with Crippen molar-refractivity contribution in [2.75, 3.05) is 13.6 Å². The van der Waals surface area contributed by atoms with Gasteiger partial charge in [0.05, 0.1) is 0 Å². The van der Waals surface area contributed by atoms with Crippen LogP contribution >= 0.6 is 0 Å². The molecule has 0 unspecified atom stereocenters. The molecule has 1 saturated carbocycles. The summed E-state index contributed by atoms with van der Waals surface area (Å²) in [5, 5.41) is 3.52. The van der Waals surface area contributed by atoms with Crippen LogP contribution in [-0.4, -0.2) is 36.0 Å². The number of fused-ring (bicyclic) bond motifs is 1. The van der Waals surface area contributed by atoms with Crippen molar-refractivity contribution in [3.05, 3.63) is 65.5 Å². The van der Waals surface area contributed by atoms with E-state index in [1.807, 2.05) is 25.2 Å². The lowest BCUT2D eigenvalue weighted by atomic mass is 9.81. The molecule has 1 heterocycles. The highest BCUT2D eigenvalue weighted by Crippen LogP contribution is 2.37. The van der Waals surface area contributed by atoms with E-state index in [1.165, 1.54) is 17.7 Å². The van der Waals surface area contributed by atoms with Gasteiger partial charge in [0.25, 0.3) is 5.91 Å². The Morgan fingerprint density at radius 3 is 2.74 bits per heavy atom. The second-order valence-corrected chi connectivity index (χ2v) is 7.65. The summed E-state index contributed by atoms with van der Waals surface area (Å²) < 4.78 is 19.9. The van der Waals surface area contributed by atoms with Crippen molar-refractivity contribution < 1.29 is 13.9 Å². The van der Waals surface area contributed by atoms with Gasteiger partial charge in [0.15, 0.2) is 0 Å². The first-order chi connectivity index (χ1) is 13.1. The zero-order valence-electron chi connectivity index (χ0n) is 15.6. The number of ether oxygens (including phenoxy) is 1.